The van der Waals surface area contributed by atoms with Crippen molar-refractivity contribution in [2.45, 2.75) is 33.2 Å². The van der Waals surface area contributed by atoms with E-state index < -0.39 is 6.04 Å². The summed E-state index contributed by atoms with van der Waals surface area (Å²) < 4.78 is 0. The minimum Gasteiger partial charge on any atom is -0.341 e. The van der Waals surface area contributed by atoms with Crippen LogP contribution in [0.25, 0.3) is 0 Å². The molecular weight excluding hydrogens is 262 g/mol. The van der Waals surface area contributed by atoms with Crippen molar-refractivity contribution in [2.75, 3.05) is 32.7 Å². The summed E-state index contributed by atoms with van der Waals surface area (Å²) >= 11 is 0. The molecule has 4 nitrogen and oxygen atoms in total. The van der Waals surface area contributed by atoms with Crippen LogP contribution in [0.4, 0.5) is 0 Å². The van der Waals surface area contributed by atoms with Crippen LogP contribution in [0.1, 0.15) is 38.8 Å². The highest BCUT2D eigenvalue weighted by molar-refractivity contribution is 5.83. The average molecular weight is 291 g/mol. The van der Waals surface area contributed by atoms with Gasteiger partial charge in [0.25, 0.3) is 0 Å². The Morgan fingerprint density at radius 3 is 2.19 bits per heavy atom. The van der Waals surface area contributed by atoms with Gasteiger partial charge in [0.15, 0.2) is 0 Å². The van der Waals surface area contributed by atoms with Crippen LogP contribution >= 0.6 is 0 Å². The maximum Gasteiger partial charge on any atom is 0.244 e. The zero-order chi connectivity index (χ0) is 15.7. The quantitative estimate of drug-likeness (QED) is 0.759. The number of nitrogens with zero attached hydrogens (tertiary/aromatic N) is 2. The maximum absolute atomic E-state index is 12.5. The smallest absolute Gasteiger partial charge is 0.244 e. The first kappa shape index (κ1) is 17.7. The highest BCUT2D eigenvalue weighted by Gasteiger charge is 2.20. The summed E-state index contributed by atoms with van der Waals surface area (Å²) in [6.45, 7) is 10.9. The lowest BCUT2D eigenvalue weighted by Crippen LogP contribution is -2.40. The molecule has 0 fully saturated rings. The summed E-state index contributed by atoms with van der Waals surface area (Å²) in [6.07, 6.45) is 0.989. The van der Waals surface area contributed by atoms with E-state index in [-0.39, 0.29) is 5.91 Å². The molecule has 0 aliphatic carbocycles. The molecule has 0 saturated heterocycles. The van der Waals surface area contributed by atoms with Crippen molar-refractivity contribution in [1.29, 1.82) is 0 Å². The Morgan fingerprint density at radius 2 is 1.67 bits per heavy atom. The highest BCUT2D eigenvalue weighted by Crippen LogP contribution is 2.13. The zero-order valence-corrected chi connectivity index (χ0v) is 13.6. The lowest BCUT2D eigenvalue weighted by Gasteiger charge is -2.26. The molecule has 1 rings (SSSR count). The van der Waals surface area contributed by atoms with E-state index in [2.05, 4.69) is 18.7 Å². The minimum atomic E-state index is -0.556. The SMILES string of the molecule is CCN(CC)CCCN(CC)C(=O)[C@H](N)c1ccccc1. The average Bonchev–Trinajstić information content (AvgIpc) is 2.55. The first-order valence-electron chi connectivity index (χ1n) is 7.95. The van der Waals surface area contributed by atoms with E-state index in [0.717, 1.165) is 38.2 Å². The molecule has 1 atom stereocenters. The van der Waals surface area contributed by atoms with Gasteiger partial charge in [-0.2, -0.15) is 0 Å². The Balaban J connectivity index is 2.53. The number of carbonyl (C=O) groups excluding carboxylic acids is 1. The van der Waals surface area contributed by atoms with Crippen molar-refractivity contribution in [1.82, 2.24) is 9.80 Å². The molecule has 118 valence electrons. The van der Waals surface area contributed by atoms with Gasteiger partial charge in [0.2, 0.25) is 5.91 Å². The van der Waals surface area contributed by atoms with Crippen LogP contribution in [0.2, 0.25) is 0 Å². The molecule has 0 radical (unpaired) electrons. The number of amides is 1. The third-order valence-electron chi connectivity index (χ3n) is 3.91. The van der Waals surface area contributed by atoms with Crippen LogP contribution in [-0.2, 0) is 4.79 Å². The summed E-state index contributed by atoms with van der Waals surface area (Å²) in [5, 5.41) is 0. The number of likely N-dealkylation sites (N-methyl/N-ethyl adjacent to an activating group) is 1. The fourth-order valence-electron chi connectivity index (χ4n) is 2.45. The fraction of sp³-hybridized carbons (Fsp3) is 0.588. The van der Waals surface area contributed by atoms with E-state index in [4.69, 9.17) is 5.73 Å². The van der Waals surface area contributed by atoms with E-state index >= 15 is 0 Å². The molecular formula is C17H29N3O. The number of hydrogen-bond donors (Lipinski definition) is 1. The van der Waals surface area contributed by atoms with Crippen LogP contribution in [0, 0.1) is 0 Å². The van der Waals surface area contributed by atoms with Crippen molar-refractivity contribution >= 4 is 5.91 Å². The van der Waals surface area contributed by atoms with Crippen molar-refractivity contribution in [3.8, 4) is 0 Å². The normalized spacial score (nSPS) is 12.4. The molecule has 1 aromatic rings. The third kappa shape index (κ3) is 5.48. The van der Waals surface area contributed by atoms with Crippen molar-refractivity contribution in [2.24, 2.45) is 5.73 Å². The van der Waals surface area contributed by atoms with E-state index in [1.165, 1.54) is 0 Å². The number of hydrogen-bond acceptors (Lipinski definition) is 3. The monoisotopic (exact) mass is 291 g/mol. The molecule has 0 aliphatic heterocycles. The Labute approximate surface area is 128 Å². The molecule has 0 spiro atoms. The lowest BCUT2D eigenvalue weighted by molar-refractivity contribution is -0.132. The van der Waals surface area contributed by atoms with Crippen molar-refractivity contribution in [3.05, 3.63) is 35.9 Å². The zero-order valence-electron chi connectivity index (χ0n) is 13.6. The number of rotatable bonds is 9. The number of benzene rings is 1. The molecule has 0 unspecified atom stereocenters. The Bertz CT molecular complexity index is 404. The molecule has 0 aliphatic rings. The van der Waals surface area contributed by atoms with Gasteiger partial charge >= 0.3 is 0 Å². The number of nitrogens with two attached hydrogens (primary N) is 1. The van der Waals surface area contributed by atoms with E-state index in [0.29, 0.717) is 6.54 Å². The van der Waals surface area contributed by atoms with Crippen LogP contribution < -0.4 is 5.73 Å². The topological polar surface area (TPSA) is 49.6 Å². The number of carbonyl (C=O) groups is 1. The van der Waals surface area contributed by atoms with E-state index in [1.807, 2.05) is 42.2 Å². The van der Waals surface area contributed by atoms with Crippen LogP contribution in [0.5, 0.6) is 0 Å². The molecule has 0 bridgehead atoms. The van der Waals surface area contributed by atoms with Crippen LogP contribution in [-0.4, -0.2) is 48.4 Å². The van der Waals surface area contributed by atoms with Gasteiger partial charge in [-0.1, -0.05) is 44.2 Å². The van der Waals surface area contributed by atoms with Gasteiger partial charge in [-0.15, -0.1) is 0 Å². The first-order chi connectivity index (χ1) is 10.1. The molecule has 0 heterocycles. The van der Waals surface area contributed by atoms with Gasteiger partial charge in [0.05, 0.1) is 0 Å². The summed E-state index contributed by atoms with van der Waals surface area (Å²) in [5.41, 5.74) is 6.98. The predicted molar refractivity (Wildman–Crippen MR) is 88.0 cm³/mol. The molecule has 0 aromatic heterocycles. The molecule has 2 N–H and O–H groups in total. The third-order valence-corrected chi connectivity index (χ3v) is 3.91. The van der Waals surface area contributed by atoms with E-state index in [9.17, 15) is 4.79 Å². The van der Waals surface area contributed by atoms with Gasteiger partial charge in [-0.05, 0) is 38.5 Å². The van der Waals surface area contributed by atoms with Gasteiger partial charge in [0, 0.05) is 13.1 Å². The Kier molecular flexibility index (Phi) is 8.01. The lowest BCUT2D eigenvalue weighted by atomic mass is 10.1. The minimum absolute atomic E-state index is 0.0169. The van der Waals surface area contributed by atoms with Crippen LogP contribution in [0.3, 0.4) is 0 Å². The van der Waals surface area contributed by atoms with E-state index in [1.54, 1.807) is 0 Å². The molecule has 4 heteroatoms. The van der Waals surface area contributed by atoms with Gasteiger partial charge in [-0.3, -0.25) is 4.79 Å². The van der Waals surface area contributed by atoms with Gasteiger partial charge < -0.3 is 15.5 Å². The Hall–Kier alpha value is -1.39. The van der Waals surface area contributed by atoms with Crippen molar-refractivity contribution < 1.29 is 4.79 Å². The largest absolute Gasteiger partial charge is 0.341 e. The van der Waals surface area contributed by atoms with Gasteiger partial charge in [-0.25, -0.2) is 0 Å². The second-order valence-corrected chi connectivity index (χ2v) is 5.19. The van der Waals surface area contributed by atoms with Crippen LogP contribution in [0.15, 0.2) is 30.3 Å². The summed E-state index contributed by atoms with van der Waals surface area (Å²) in [6, 6.07) is 9.03. The maximum atomic E-state index is 12.5. The second-order valence-electron chi connectivity index (χ2n) is 5.19. The summed E-state index contributed by atoms with van der Waals surface area (Å²) in [4.78, 5) is 16.7. The molecule has 1 amide bonds. The fourth-order valence-corrected chi connectivity index (χ4v) is 2.45. The summed E-state index contributed by atoms with van der Waals surface area (Å²) in [5.74, 6) is 0.0169. The predicted octanol–water partition coefficient (Wildman–Crippen LogP) is 2.27. The Morgan fingerprint density at radius 1 is 1.05 bits per heavy atom. The molecule has 0 saturated carbocycles. The highest BCUT2D eigenvalue weighted by atomic mass is 16.2. The summed E-state index contributed by atoms with van der Waals surface area (Å²) in [7, 11) is 0. The van der Waals surface area contributed by atoms with Gasteiger partial charge in [0.1, 0.15) is 6.04 Å². The second kappa shape index (κ2) is 9.53. The molecule has 21 heavy (non-hydrogen) atoms. The van der Waals surface area contributed by atoms with Crippen molar-refractivity contribution in [3.63, 3.8) is 0 Å². The first-order valence-corrected chi connectivity index (χ1v) is 7.95. The standard InChI is InChI=1S/C17H29N3O/c1-4-19(5-2)13-10-14-20(6-3)17(21)16(18)15-11-8-7-9-12-15/h7-9,11-12,16H,4-6,10,13-14,18H2,1-3H3/t16-/m1/s1. The molecule has 1 aromatic carbocycles.